The van der Waals surface area contributed by atoms with Crippen molar-refractivity contribution in [2.75, 3.05) is 0 Å². The highest BCUT2D eigenvalue weighted by molar-refractivity contribution is 6.72. The van der Waals surface area contributed by atoms with Crippen LogP contribution in [0.3, 0.4) is 0 Å². The molecule has 0 aliphatic heterocycles. The number of nitro benzene ring substituents is 1. The van der Waals surface area contributed by atoms with E-state index in [2.05, 4.69) is 13.8 Å². The molecule has 0 saturated heterocycles. The van der Waals surface area contributed by atoms with Gasteiger partial charge in [0.25, 0.3) is 5.69 Å². The van der Waals surface area contributed by atoms with Crippen molar-refractivity contribution >= 4 is 14.0 Å². The molecular formula is C14H23NO3Si. The third kappa shape index (κ3) is 4.43. The van der Waals surface area contributed by atoms with E-state index in [9.17, 15) is 14.9 Å². The first-order valence-electron chi connectivity index (χ1n) is 6.59. The molecule has 0 amide bonds. The van der Waals surface area contributed by atoms with Crippen molar-refractivity contribution in [3.8, 4) is 0 Å². The van der Waals surface area contributed by atoms with Crippen LogP contribution in [0, 0.1) is 10.1 Å². The lowest BCUT2D eigenvalue weighted by molar-refractivity contribution is -0.384. The molecule has 0 fully saturated rings. The summed E-state index contributed by atoms with van der Waals surface area (Å²) >= 11 is 0. The first-order valence-corrected chi connectivity index (χ1v) is 9.54. The number of rotatable bonds is 6. The van der Waals surface area contributed by atoms with Crippen LogP contribution in [0.1, 0.15) is 32.3 Å². The molecule has 106 valence electrons. The summed E-state index contributed by atoms with van der Waals surface area (Å²) in [6.45, 7) is 8.18. The molecule has 0 spiro atoms. The number of hydrogen-bond acceptors (Lipinski definition) is 3. The molecule has 1 rings (SSSR count). The highest BCUT2D eigenvalue weighted by atomic mass is 28.4. The summed E-state index contributed by atoms with van der Waals surface area (Å²) in [4.78, 5) is 20.4. The predicted molar refractivity (Wildman–Crippen MR) is 79.8 cm³/mol. The van der Waals surface area contributed by atoms with Crippen LogP contribution in [-0.4, -0.2) is 18.0 Å². The number of non-ortho nitro benzene ring substituents is 1. The highest BCUT2D eigenvalue weighted by Crippen LogP contribution is 2.40. The molecule has 1 aromatic carbocycles. The van der Waals surface area contributed by atoms with Crippen molar-refractivity contribution < 1.29 is 9.72 Å². The molecule has 1 aromatic rings. The summed E-state index contributed by atoms with van der Waals surface area (Å²) in [6.07, 6.45) is 2.85. The van der Waals surface area contributed by atoms with Crippen LogP contribution in [0.2, 0.25) is 18.1 Å². The second-order valence-electron chi connectivity index (χ2n) is 6.22. The molecule has 1 N–H and O–H groups in total. The van der Waals surface area contributed by atoms with Gasteiger partial charge in [0.05, 0.1) is 4.92 Å². The molecule has 0 aromatic heterocycles. The van der Waals surface area contributed by atoms with Crippen LogP contribution >= 0.6 is 0 Å². The van der Waals surface area contributed by atoms with Crippen LogP contribution in [0.15, 0.2) is 24.3 Å². The summed E-state index contributed by atoms with van der Waals surface area (Å²) in [7, 11) is -2.14. The smallest absolute Gasteiger partial charge is 0.269 e. The Hall–Kier alpha value is -1.20. The Morgan fingerprint density at radius 3 is 2.21 bits per heavy atom. The molecule has 0 aliphatic rings. The number of hydrogen-bond donors (Lipinski definition) is 1. The van der Waals surface area contributed by atoms with Crippen molar-refractivity contribution in [2.45, 2.75) is 51.2 Å². The Balaban J connectivity index is 2.52. The van der Waals surface area contributed by atoms with Crippen LogP contribution in [-0.2, 0) is 6.42 Å². The molecule has 5 heteroatoms. The lowest BCUT2D eigenvalue weighted by Gasteiger charge is -2.35. The fourth-order valence-electron chi connectivity index (χ4n) is 1.82. The minimum Gasteiger partial charge on any atom is -0.432 e. The molecule has 0 atom stereocenters. The number of nitrogens with zero attached hydrogens (tertiary/aromatic N) is 1. The third-order valence-electron chi connectivity index (χ3n) is 4.07. The minimum absolute atomic E-state index is 0.00617. The maximum atomic E-state index is 10.6. The Labute approximate surface area is 115 Å². The van der Waals surface area contributed by atoms with Crippen molar-refractivity contribution in [3.05, 3.63) is 39.9 Å². The van der Waals surface area contributed by atoms with Gasteiger partial charge in [-0.25, -0.2) is 0 Å². The molecule has 19 heavy (non-hydrogen) atoms. The number of benzene rings is 1. The molecule has 4 nitrogen and oxygen atoms in total. The molecule has 0 unspecified atom stereocenters. The average molecular weight is 281 g/mol. The van der Waals surface area contributed by atoms with E-state index in [1.807, 2.05) is 25.2 Å². The summed E-state index contributed by atoms with van der Waals surface area (Å²) in [6, 6.07) is 6.72. The SMILES string of the molecule is CC(C)(CCCc1ccc([N+](=O)[O-])cc1)[Si](C)(C)O. The van der Waals surface area contributed by atoms with Gasteiger partial charge in [0.1, 0.15) is 0 Å². The monoisotopic (exact) mass is 281 g/mol. The zero-order chi connectivity index (χ0) is 14.7. The Morgan fingerprint density at radius 2 is 1.79 bits per heavy atom. The van der Waals surface area contributed by atoms with Crippen LogP contribution in [0.25, 0.3) is 0 Å². The zero-order valence-electron chi connectivity index (χ0n) is 12.1. The van der Waals surface area contributed by atoms with E-state index in [1.165, 1.54) is 0 Å². The first kappa shape index (κ1) is 15.9. The predicted octanol–water partition coefficient (Wildman–Crippen LogP) is 3.90. The summed E-state index contributed by atoms with van der Waals surface area (Å²) < 4.78 is 0. The fraction of sp³-hybridized carbons (Fsp3) is 0.571. The topological polar surface area (TPSA) is 63.4 Å². The van der Waals surface area contributed by atoms with Crippen molar-refractivity contribution in [2.24, 2.45) is 0 Å². The minimum atomic E-state index is -2.14. The van der Waals surface area contributed by atoms with Gasteiger partial charge in [-0.05, 0) is 43.0 Å². The van der Waals surface area contributed by atoms with Crippen LogP contribution in [0.4, 0.5) is 5.69 Å². The number of aryl methyl sites for hydroxylation is 1. The van der Waals surface area contributed by atoms with Gasteiger partial charge >= 0.3 is 0 Å². The first-order chi connectivity index (χ1) is 8.63. The zero-order valence-corrected chi connectivity index (χ0v) is 13.1. The molecular weight excluding hydrogens is 258 g/mol. The second kappa shape index (κ2) is 5.84. The molecule has 0 heterocycles. The van der Waals surface area contributed by atoms with Gasteiger partial charge in [0, 0.05) is 12.1 Å². The summed E-state index contributed by atoms with van der Waals surface area (Å²) in [5, 5.41) is 10.5. The van der Waals surface area contributed by atoms with E-state index in [0.717, 1.165) is 24.8 Å². The van der Waals surface area contributed by atoms with Crippen molar-refractivity contribution in [1.82, 2.24) is 0 Å². The Bertz CT molecular complexity index is 435. The van der Waals surface area contributed by atoms with Gasteiger partial charge in [0.15, 0.2) is 8.32 Å². The largest absolute Gasteiger partial charge is 0.432 e. The molecule has 0 radical (unpaired) electrons. The normalized spacial score (nSPS) is 12.5. The van der Waals surface area contributed by atoms with E-state index < -0.39 is 8.32 Å². The standard InChI is InChI=1S/C14H23NO3Si/c1-14(2,19(3,4)18)11-5-6-12-7-9-13(10-8-12)15(16)17/h7-10,18H,5-6,11H2,1-4H3. The maximum absolute atomic E-state index is 10.6. The van der Waals surface area contributed by atoms with E-state index in [-0.39, 0.29) is 15.6 Å². The molecule has 0 aliphatic carbocycles. The van der Waals surface area contributed by atoms with Crippen LogP contribution in [0.5, 0.6) is 0 Å². The molecule has 0 bridgehead atoms. The highest BCUT2D eigenvalue weighted by Gasteiger charge is 2.37. The Kier molecular flexibility index (Phi) is 4.87. The fourth-order valence-corrected chi connectivity index (χ4v) is 2.61. The van der Waals surface area contributed by atoms with Crippen LogP contribution < -0.4 is 0 Å². The van der Waals surface area contributed by atoms with Gasteiger partial charge in [-0.3, -0.25) is 10.1 Å². The van der Waals surface area contributed by atoms with E-state index in [4.69, 9.17) is 0 Å². The summed E-state index contributed by atoms with van der Waals surface area (Å²) in [5.41, 5.74) is 1.24. The van der Waals surface area contributed by atoms with Gasteiger partial charge in [-0.15, -0.1) is 0 Å². The van der Waals surface area contributed by atoms with Crippen molar-refractivity contribution in [3.63, 3.8) is 0 Å². The number of nitro groups is 1. The summed E-state index contributed by atoms with van der Waals surface area (Å²) in [5.74, 6) is 0. The Morgan fingerprint density at radius 1 is 1.26 bits per heavy atom. The van der Waals surface area contributed by atoms with Crippen molar-refractivity contribution in [1.29, 1.82) is 0 Å². The average Bonchev–Trinajstić information content (AvgIpc) is 2.28. The quantitative estimate of drug-likeness (QED) is 0.488. The third-order valence-corrected chi connectivity index (χ3v) is 7.63. The molecule has 0 saturated carbocycles. The maximum Gasteiger partial charge on any atom is 0.269 e. The van der Waals surface area contributed by atoms with E-state index in [1.54, 1.807) is 12.1 Å². The lowest BCUT2D eigenvalue weighted by atomic mass is 10.0. The second-order valence-corrected chi connectivity index (χ2v) is 10.7. The lowest BCUT2D eigenvalue weighted by Crippen LogP contribution is -2.38. The van der Waals surface area contributed by atoms with E-state index >= 15 is 0 Å². The van der Waals surface area contributed by atoms with Gasteiger partial charge in [-0.1, -0.05) is 26.0 Å². The van der Waals surface area contributed by atoms with E-state index in [0.29, 0.717) is 0 Å². The van der Waals surface area contributed by atoms with Gasteiger partial charge < -0.3 is 4.80 Å². The van der Waals surface area contributed by atoms with Gasteiger partial charge in [-0.2, -0.15) is 0 Å². The van der Waals surface area contributed by atoms with Gasteiger partial charge in [0.2, 0.25) is 0 Å².